The summed E-state index contributed by atoms with van der Waals surface area (Å²) in [5, 5.41) is 2.99. The Morgan fingerprint density at radius 3 is 2.22 bits per heavy atom. The van der Waals surface area contributed by atoms with Crippen LogP contribution < -0.4 is 11.1 Å². The molecule has 1 atom stereocenters. The minimum atomic E-state index is -0.472. The zero-order chi connectivity index (χ0) is 13.9. The first-order valence-corrected chi connectivity index (χ1v) is 6.87. The van der Waals surface area contributed by atoms with Crippen LogP contribution in [0.25, 0.3) is 0 Å². The zero-order valence-electron chi connectivity index (χ0n) is 11.3. The second-order valence-electron chi connectivity index (χ2n) is 5.39. The highest BCUT2D eigenvalue weighted by Gasteiger charge is 2.26. The lowest BCUT2D eigenvalue weighted by atomic mass is 9.93. The van der Waals surface area contributed by atoms with Gasteiger partial charge in [-0.25, -0.2) is 0 Å². The molecule has 100 valence electrons. The third kappa shape index (κ3) is 3.82. The van der Waals surface area contributed by atoms with E-state index < -0.39 is 11.6 Å². The molecule has 0 radical (unpaired) electrons. The van der Waals surface area contributed by atoms with Crippen molar-refractivity contribution in [3.8, 4) is 0 Å². The largest absolute Gasteiger partial charge is 0.346 e. The fraction of sp³-hybridized carbons (Fsp3) is 0.500. The van der Waals surface area contributed by atoms with E-state index >= 15 is 0 Å². The van der Waals surface area contributed by atoms with Crippen LogP contribution in [-0.2, 0) is 10.3 Å². The number of benzene rings is 1. The summed E-state index contributed by atoms with van der Waals surface area (Å²) in [6.45, 7) is 7.83. The van der Waals surface area contributed by atoms with Crippen LogP contribution in [0, 0.1) is 5.92 Å². The second kappa shape index (κ2) is 5.85. The third-order valence-electron chi connectivity index (χ3n) is 3.02. The molecule has 0 fully saturated rings. The number of carbonyl (C=O) groups excluding carboxylic acids is 1. The van der Waals surface area contributed by atoms with Crippen molar-refractivity contribution >= 4 is 21.8 Å². The molecule has 0 heterocycles. The van der Waals surface area contributed by atoms with Gasteiger partial charge < -0.3 is 11.1 Å². The standard InChI is InChI=1S/C14H21BrN2O/c1-9(2)12(16)13(18)17-14(3,4)10-5-7-11(15)8-6-10/h5-9,12H,16H2,1-4H3,(H,17,18)/t12-/m1/s1. The molecular formula is C14H21BrN2O. The maximum Gasteiger partial charge on any atom is 0.237 e. The first-order valence-electron chi connectivity index (χ1n) is 6.07. The van der Waals surface area contributed by atoms with Crippen molar-refractivity contribution in [3.05, 3.63) is 34.3 Å². The molecule has 0 aromatic heterocycles. The molecule has 0 aliphatic heterocycles. The van der Waals surface area contributed by atoms with E-state index in [4.69, 9.17) is 5.73 Å². The van der Waals surface area contributed by atoms with Crippen LogP contribution in [0.3, 0.4) is 0 Å². The Morgan fingerprint density at radius 1 is 1.28 bits per heavy atom. The van der Waals surface area contributed by atoms with Crippen LogP contribution in [0.15, 0.2) is 28.7 Å². The summed E-state index contributed by atoms with van der Waals surface area (Å²) in [4.78, 5) is 12.0. The molecule has 4 heteroatoms. The highest BCUT2D eigenvalue weighted by molar-refractivity contribution is 9.10. The molecule has 1 aromatic carbocycles. The van der Waals surface area contributed by atoms with Crippen molar-refractivity contribution in [2.45, 2.75) is 39.3 Å². The number of nitrogens with one attached hydrogen (secondary N) is 1. The maximum atomic E-state index is 12.0. The predicted molar refractivity (Wildman–Crippen MR) is 78.1 cm³/mol. The Morgan fingerprint density at radius 2 is 1.78 bits per heavy atom. The molecule has 18 heavy (non-hydrogen) atoms. The van der Waals surface area contributed by atoms with Crippen LogP contribution >= 0.6 is 15.9 Å². The number of amides is 1. The van der Waals surface area contributed by atoms with E-state index in [0.717, 1.165) is 10.0 Å². The summed E-state index contributed by atoms with van der Waals surface area (Å²) >= 11 is 3.40. The van der Waals surface area contributed by atoms with Crippen LogP contribution in [0.4, 0.5) is 0 Å². The van der Waals surface area contributed by atoms with E-state index in [0.29, 0.717) is 0 Å². The first-order chi connectivity index (χ1) is 8.24. The summed E-state index contributed by atoms with van der Waals surface area (Å²) in [6, 6.07) is 7.44. The normalized spacial score (nSPS) is 13.5. The Kier molecular flexibility index (Phi) is 4.93. The van der Waals surface area contributed by atoms with Crippen molar-refractivity contribution < 1.29 is 4.79 Å². The second-order valence-corrected chi connectivity index (χ2v) is 6.31. The summed E-state index contributed by atoms with van der Waals surface area (Å²) in [6.07, 6.45) is 0. The van der Waals surface area contributed by atoms with E-state index in [1.165, 1.54) is 0 Å². The quantitative estimate of drug-likeness (QED) is 0.898. The van der Waals surface area contributed by atoms with Crippen molar-refractivity contribution in [1.82, 2.24) is 5.32 Å². The zero-order valence-corrected chi connectivity index (χ0v) is 12.9. The van der Waals surface area contributed by atoms with Gasteiger partial charge in [-0.2, -0.15) is 0 Å². The molecule has 1 amide bonds. The maximum absolute atomic E-state index is 12.0. The Bertz CT molecular complexity index is 412. The number of hydrogen-bond donors (Lipinski definition) is 2. The van der Waals surface area contributed by atoms with Gasteiger partial charge >= 0.3 is 0 Å². The molecule has 0 saturated carbocycles. The van der Waals surface area contributed by atoms with E-state index in [2.05, 4.69) is 21.2 Å². The van der Waals surface area contributed by atoms with Gasteiger partial charge in [-0.3, -0.25) is 4.79 Å². The predicted octanol–water partition coefficient (Wildman–Crippen LogP) is 2.78. The van der Waals surface area contributed by atoms with E-state index in [9.17, 15) is 4.79 Å². The molecular weight excluding hydrogens is 292 g/mol. The van der Waals surface area contributed by atoms with Crippen molar-refractivity contribution in [2.75, 3.05) is 0 Å². The summed E-state index contributed by atoms with van der Waals surface area (Å²) in [5.74, 6) is 0.0173. The monoisotopic (exact) mass is 312 g/mol. The molecule has 3 nitrogen and oxygen atoms in total. The van der Waals surface area contributed by atoms with Gasteiger partial charge in [-0.15, -0.1) is 0 Å². The number of hydrogen-bond acceptors (Lipinski definition) is 2. The van der Waals surface area contributed by atoms with Crippen LogP contribution in [0.2, 0.25) is 0 Å². The molecule has 1 rings (SSSR count). The summed E-state index contributed by atoms with van der Waals surface area (Å²) in [5.41, 5.74) is 6.47. The van der Waals surface area contributed by atoms with Crippen LogP contribution in [0.5, 0.6) is 0 Å². The van der Waals surface area contributed by atoms with Crippen molar-refractivity contribution in [1.29, 1.82) is 0 Å². The fourth-order valence-corrected chi connectivity index (χ4v) is 1.90. The summed E-state index contributed by atoms with van der Waals surface area (Å²) < 4.78 is 1.02. The van der Waals surface area contributed by atoms with Gasteiger partial charge in [-0.05, 0) is 37.5 Å². The molecule has 0 unspecified atom stereocenters. The number of halogens is 1. The summed E-state index contributed by atoms with van der Waals surface area (Å²) in [7, 11) is 0. The average Bonchev–Trinajstić information content (AvgIpc) is 2.27. The Labute approximate surface area is 117 Å². The lowest BCUT2D eigenvalue weighted by molar-refractivity contribution is -0.124. The molecule has 0 aliphatic carbocycles. The molecule has 0 spiro atoms. The van der Waals surface area contributed by atoms with Crippen molar-refractivity contribution in [2.24, 2.45) is 11.7 Å². The van der Waals surface area contributed by atoms with Gasteiger partial charge in [0.2, 0.25) is 5.91 Å². The van der Waals surface area contributed by atoms with E-state index in [1.807, 2.05) is 52.0 Å². The van der Waals surface area contributed by atoms with Gasteiger partial charge in [-0.1, -0.05) is 41.9 Å². The topological polar surface area (TPSA) is 55.1 Å². The minimum Gasteiger partial charge on any atom is -0.346 e. The van der Waals surface area contributed by atoms with Crippen molar-refractivity contribution in [3.63, 3.8) is 0 Å². The van der Waals surface area contributed by atoms with Gasteiger partial charge in [0.1, 0.15) is 0 Å². The fourth-order valence-electron chi connectivity index (χ4n) is 1.63. The van der Waals surface area contributed by atoms with E-state index in [1.54, 1.807) is 0 Å². The van der Waals surface area contributed by atoms with Gasteiger partial charge in [0.15, 0.2) is 0 Å². The molecule has 0 bridgehead atoms. The number of rotatable bonds is 4. The SMILES string of the molecule is CC(C)[C@@H](N)C(=O)NC(C)(C)c1ccc(Br)cc1. The van der Waals surface area contributed by atoms with Crippen LogP contribution in [0.1, 0.15) is 33.3 Å². The minimum absolute atomic E-state index is 0.113. The average molecular weight is 313 g/mol. The lowest BCUT2D eigenvalue weighted by Crippen LogP contribution is -2.50. The molecule has 1 aromatic rings. The van der Waals surface area contributed by atoms with Gasteiger partial charge in [0, 0.05) is 4.47 Å². The van der Waals surface area contributed by atoms with Gasteiger partial charge in [0.05, 0.1) is 11.6 Å². The Balaban J connectivity index is 2.81. The highest BCUT2D eigenvalue weighted by Crippen LogP contribution is 2.22. The molecule has 3 N–H and O–H groups in total. The van der Waals surface area contributed by atoms with E-state index in [-0.39, 0.29) is 11.8 Å². The van der Waals surface area contributed by atoms with Gasteiger partial charge in [0.25, 0.3) is 0 Å². The van der Waals surface area contributed by atoms with Crippen LogP contribution in [-0.4, -0.2) is 11.9 Å². The smallest absolute Gasteiger partial charge is 0.237 e. The third-order valence-corrected chi connectivity index (χ3v) is 3.55. The Hall–Kier alpha value is -0.870. The molecule has 0 saturated heterocycles. The molecule has 0 aliphatic rings. The highest BCUT2D eigenvalue weighted by atomic mass is 79.9. The lowest BCUT2D eigenvalue weighted by Gasteiger charge is -2.29. The number of carbonyl (C=O) groups is 1. The first kappa shape index (κ1) is 15.2. The number of nitrogens with two attached hydrogens (primary N) is 1.